The maximum atomic E-state index is 13.2. The summed E-state index contributed by atoms with van der Waals surface area (Å²) in [6.45, 7) is 0.835. The monoisotopic (exact) mass is 529 g/mol. The van der Waals surface area contributed by atoms with Crippen LogP contribution in [0.15, 0.2) is 93.3 Å². The van der Waals surface area contributed by atoms with Gasteiger partial charge in [0, 0.05) is 11.4 Å². The van der Waals surface area contributed by atoms with Crippen molar-refractivity contribution in [3.05, 3.63) is 88.9 Å². The summed E-state index contributed by atoms with van der Waals surface area (Å²) >= 11 is 3.32. The topological polar surface area (TPSA) is 105 Å². The smallest absolute Gasteiger partial charge is 0.308 e. The molecule has 0 radical (unpaired) electrons. The lowest BCUT2D eigenvalue weighted by Crippen LogP contribution is -2.39. The number of hydrogen-bond donors (Lipinski definition) is 1. The number of anilines is 1. The average molecular weight is 530 g/mol. The summed E-state index contributed by atoms with van der Waals surface area (Å²) in [6, 6.07) is 21.0. The maximum absolute atomic E-state index is 13.2. The number of nitrogens with zero attached hydrogens (tertiary/aromatic N) is 2. The minimum Gasteiger partial charge on any atom is -0.427 e. The van der Waals surface area contributed by atoms with Crippen LogP contribution in [0.3, 0.4) is 0 Å². The first-order chi connectivity index (χ1) is 15.8. The second-order valence-electron chi connectivity index (χ2n) is 6.76. The summed E-state index contributed by atoms with van der Waals surface area (Å²) < 4.78 is 33.2. The molecule has 3 aromatic carbocycles. The molecule has 0 saturated heterocycles. The summed E-state index contributed by atoms with van der Waals surface area (Å²) in [5.74, 6) is -0.658. The highest BCUT2D eigenvalue weighted by Gasteiger charge is 2.27. The van der Waals surface area contributed by atoms with E-state index in [4.69, 9.17) is 4.74 Å². The van der Waals surface area contributed by atoms with E-state index in [0.717, 1.165) is 8.78 Å². The quantitative estimate of drug-likeness (QED) is 0.207. The molecule has 8 nitrogen and oxygen atoms in total. The Morgan fingerprint density at radius 3 is 2.24 bits per heavy atom. The summed E-state index contributed by atoms with van der Waals surface area (Å²) in [5.41, 5.74) is 3.32. The number of sulfonamides is 1. The van der Waals surface area contributed by atoms with Crippen LogP contribution in [-0.2, 0) is 19.6 Å². The number of benzene rings is 3. The van der Waals surface area contributed by atoms with Gasteiger partial charge in [0.15, 0.2) is 0 Å². The van der Waals surface area contributed by atoms with Crippen LogP contribution in [0.5, 0.6) is 5.75 Å². The van der Waals surface area contributed by atoms with E-state index in [9.17, 15) is 18.0 Å². The van der Waals surface area contributed by atoms with Crippen LogP contribution in [0.2, 0.25) is 0 Å². The van der Waals surface area contributed by atoms with Crippen LogP contribution >= 0.6 is 15.9 Å². The van der Waals surface area contributed by atoms with Gasteiger partial charge in [0.05, 0.1) is 16.8 Å². The lowest BCUT2D eigenvalue weighted by molar-refractivity contribution is -0.131. The van der Waals surface area contributed by atoms with Crippen molar-refractivity contribution < 1.29 is 22.7 Å². The minimum absolute atomic E-state index is 0.0667. The van der Waals surface area contributed by atoms with E-state index in [1.807, 2.05) is 0 Å². The van der Waals surface area contributed by atoms with Crippen molar-refractivity contribution >= 4 is 49.7 Å². The summed E-state index contributed by atoms with van der Waals surface area (Å²) in [5, 5.41) is 3.89. The van der Waals surface area contributed by atoms with Crippen molar-refractivity contribution in [1.82, 2.24) is 5.43 Å². The average Bonchev–Trinajstić information content (AvgIpc) is 2.79. The van der Waals surface area contributed by atoms with Crippen molar-refractivity contribution in [2.24, 2.45) is 5.10 Å². The molecular weight excluding hydrogens is 510 g/mol. The first-order valence-electron chi connectivity index (χ1n) is 9.69. The molecule has 3 aromatic rings. The molecular formula is C23H20BrN3O5S. The molecule has 1 N–H and O–H groups in total. The number of halogens is 1. The van der Waals surface area contributed by atoms with E-state index in [1.165, 1.54) is 25.3 Å². The van der Waals surface area contributed by atoms with Crippen molar-refractivity contribution in [2.45, 2.75) is 11.8 Å². The molecule has 0 aromatic heterocycles. The highest BCUT2D eigenvalue weighted by Crippen LogP contribution is 2.25. The number of rotatable bonds is 8. The maximum Gasteiger partial charge on any atom is 0.308 e. The Balaban J connectivity index is 1.74. The minimum atomic E-state index is -3.99. The molecule has 0 spiro atoms. The van der Waals surface area contributed by atoms with Gasteiger partial charge < -0.3 is 4.74 Å². The highest BCUT2D eigenvalue weighted by atomic mass is 79.9. The summed E-state index contributed by atoms with van der Waals surface area (Å²) in [6.07, 6.45) is 1.39. The lowest BCUT2D eigenvalue weighted by Gasteiger charge is -2.23. The Labute approximate surface area is 200 Å². The first-order valence-corrected chi connectivity index (χ1v) is 11.9. The standard InChI is InChI=1S/C23H20BrN3O5S/c1-17(28)32-21-13-7-18(8-14-21)15-25-26-23(29)16-27(20-11-9-19(24)10-12-20)33(30,31)22-5-3-2-4-6-22/h2-15H,16H2,1H3,(H,26,29)/b25-15-. The van der Waals surface area contributed by atoms with E-state index in [-0.39, 0.29) is 4.90 Å². The van der Waals surface area contributed by atoms with E-state index in [2.05, 4.69) is 26.5 Å². The number of carbonyl (C=O) groups excluding carboxylic acids is 2. The number of ether oxygens (including phenoxy) is 1. The fraction of sp³-hybridized carbons (Fsp3) is 0.0870. The second-order valence-corrected chi connectivity index (χ2v) is 9.53. The number of esters is 1. The molecule has 0 aliphatic heterocycles. The van der Waals surface area contributed by atoms with Crippen molar-refractivity contribution in [2.75, 3.05) is 10.8 Å². The van der Waals surface area contributed by atoms with Crippen molar-refractivity contribution in [3.8, 4) is 5.75 Å². The SMILES string of the molecule is CC(=O)Oc1ccc(/C=N\NC(=O)CN(c2ccc(Br)cc2)S(=O)(=O)c2ccccc2)cc1. The number of carbonyl (C=O) groups is 2. The Morgan fingerprint density at radius 1 is 1.00 bits per heavy atom. The van der Waals surface area contributed by atoms with Gasteiger partial charge in [-0.25, -0.2) is 13.8 Å². The van der Waals surface area contributed by atoms with Crippen LogP contribution in [0.4, 0.5) is 5.69 Å². The Morgan fingerprint density at radius 2 is 1.64 bits per heavy atom. The summed E-state index contributed by atoms with van der Waals surface area (Å²) in [4.78, 5) is 23.6. The molecule has 170 valence electrons. The Bertz CT molecular complexity index is 1250. The highest BCUT2D eigenvalue weighted by molar-refractivity contribution is 9.10. The predicted molar refractivity (Wildman–Crippen MR) is 129 cm³/mol. The summed E-state index contributed by atoms with van der Waals surface area (Å²) in [7, 11) is -3.99. The molecule has 0 atom stereocenters. The zero-order valence-electron chi connectivity index (χ0n) is 17.5. The zero-order valence-corrected chi connectivity index (χ0v) is 19.9. The number of hydrazone groups is 1. The molecule has 0 aliphatic rings. The van der Waals surface area contributed by atoms with Crippen LogP contribution < -0.4 is 14.5 Å². The molecule has 0 unspecified atom stereocenters. The third kappa shape index (κ3) is 6.74. The van der Waals surface area contributed by atoms with Crippen LogP contribution in [-0.4, -0.2) is 33.1 Å². The molecule has 1 amide bonds. The van der Waals surface area contributed by atoms with Crippen molar-refractivity contribution in [3.63, 3.8) is 0 Å². The van der Waals surface area contributed by atoms with Gasteiger partial charge in [-0.05, 0) is 66.2 Å². The predicted octanol–water partition coefficient (Wildman–Crippen LogP) is 3.72. The van der Waals surface area contributed by atoms with Crippen LogP contribution in [0, 0.1) is 0 Å². The fourth-order valence-electron chi connectivity index (χ4n) is 2.77. The van der Waals surface area contributed by atoms with Gasteiger partial charge in [0.2, 0.25) is 0 Å². The molecule has 0 saturated carbocycles. The van der Waals surface area contributed by atoms with Gasteiger partial charge in [-0.2, -0.15) is 5.10 Å². The molecule has 3 rings (SSSR count). The van der Waals surface area contributed by atoms with Gasteiger partial charge in [0.1, 0.15) is 12.3 Å². The third-order valence-corrected chi connectivity index (χ3v) is 6.59. The van der Waals surface area contributed by atoms with Crippen molar-refractivity contribution in [1.29, 1.82) is 0 Å². The Kier molecular flexibility index (Phi) is 7.96. The Hall–Kier alpha value is -3.50. The molecule has 0 heterocycles. The van der Waals surface area contributed by atoms with Gasteiger partial charge in [0.25, 0.3) is 15.9 Å². The largest absolute Gasteiger partial charge is 0.427 e. The van der Waals surface area contributed by atoms with Gasteiger partial charge in [-0.3, -0.25) is 13.9 Å². The van der Waals surface area contributed by atoms with Crippen LogP contribution in [0.1, 0.15) is 12.5 Å². The number of nitrogens with one attached hydrogen (secondary N) is 1. The van der Waals surface area contributed by atoms with Crippen LogP contribution in [0.25, 0.3) is 0 Å². The van der Waals surface area contributed by atoms with E-state index >= 15 is 0 Å². The molecule has 0 aliphatic carbocycles. The first kappa shape index (κ1) is 24.1. The molecule has 0 fully saturated rings. The van der Waals surface area contributed by atoms with E-state index in [0.29, 0.717) is 17.0 Å². The number of hydrogen-bond acceptors (Lipinski definition) is 6. The van der Waals surface area contributed by atoms with E-state index in [1.54, 1.807) is 66.7 Å². The molecule has 10 heteroatoms. The van der Waals surface area contributed by atoms with E-state index < -0.39 is 28.4 Å². The molecule has 33 heavy (non-hydrogen) atoms. The number of amides is 1. The van der Waals surface area contributed by atoms with Gasteiger partial charge in [-0.15, -0.1) is 0 Å². The van der Waals surface area contributed by atoms with Gasteiger partial charge >= 0.3 is 5.97 Å². The fourth-order valence-corrected chi connectivity index (χ4v) is 4.48. The zero-order chi connectivity index (χ0) is 23.8. The van der Waals surface area contributed by atoms with Gasteiger partial charge in [-0.1, -0.05) is 34.1 Å². The lowest BCUT2D eigenvalue weighted by atomic mass is 10.2. The molecule has 0 bridgehead atoms. The normalized spacial score (nSPS) is 11.2. The second kappa shape index (κ2) is 10.9. The third-order valence-electron chi connectivity index (χ3n) is 4.28.